The summed E-state index contributed by atoms with van der Waals surface area (Å²) in [5.41, 5.74) is -0.462. The number of rotatable bonds is 6. The first kappa shape index (κ1) is 16.3. The molecule has 0 aromatic heterocycles. The minimum atomic E-state index is -4.28. The van der Waals surface area contributed by atoms with Crippen LogP contribution in [0.5, 0.6) is 0 Å². The van der Waals surface area contributed by atoms with Gasteiger partial charge in [-0.15, -0.1) is 0 Å². The Hall–Kier alpha value is -0.760. The topological polar surface area (TPSA) is 33.0 Å². The van der Waals surface area contributed by atoms with Crippen LogP contribution in [0.25, 0.3) is 0 Å². The van der Waals surface area contributed by atoms with E-state index < -0.39 is 18.2 Å². The Kier molecular flexibility index (Phi) is 6.12. The summed E-state index contributed by atoms with van der Waals surface area (Å²) < 4.78 is 40.5. The average molecular weight is 277 g/mol. The van der Waals surface area contributed by atoms with Crippen LogP contribution in [0.4, 0.5) is 13.2 Å². The number of nitriles is 1. The van der Waals surface area contributed by atoms with E-state index in [0.717, 1.165) is 32.1 Å². The fraction of sp³-hybridized carbons (Fsp3) is 0.929. The molecule has 0 spiro atoms. The summed E-state index contributed by atoms with van der Waals surface area (Å²) in [7, 11) is 0. The Morgan fingerprint density at radius 3 is 2.42 bits per heavy atom. The molecule has 1 fully saturated rings. The first-order valence-corrected chi connectivity index (χ1v) is 6.96. The van der Waals surface area contributed by atoms with Crippen molar-refractivity contribution in [3.8, 4) is 6.07 Å². The van der Waals surface area contributed by atoms with Crippen molar-refractivity contribution in [2.45, 2.75) is 58.0 Å². The van der Waals surface area contributed by atoms with Gasteiger partial charge in [0.15, 0.2) is 0 Å². The molecule has 0 aliphatic heterocycles. The van der Waals surface area contributed by atoms with Crippen LogP contribution in [0.15, 0.2) is 0 Å². The van der Waals surface area contributed by atoms with Gasteiger partial charge in [-0.1, -0.05) is 19.8 Å². The molecule has 0 aromatic carbocycles. The molecular formula is C14H22F3NO. The van der Waals surface area contributed by atoms with Gasteiger partial charge in [0.05, 0.1) is 11.5 Å². The fourth-order valence-corrected chi connectivity index (χ4v) is 2.80. The van der Waals surface area contributed by atoms with Crippen LogP contribution in [0, 0.1) is 22.7 Å². The molecule has 0 atom stereocenters. The summed E-state index contributed by atoms with van der Waals surface area (Å²) >= 11 is 0. The Bertz CT molecular complexity index is 301. The van der Waals surface area contributed by atoms with E-state index >= 15 is 0 Å². The summed E-state index contributed by atoms with van der Waals surface area (Å²) in [4.78, 5) is 0. The van der Waals surface area contributed by atoms with E-state index in [1.54, 1.807) is 0 Å². The van der Waals surface area contributed by atoms with E-state index in [9.17, 15) is 18.4 Å². The molecule has 0 saturated heterocycles. The van der Waals surface area contributed by atoms with Crippen molar-refractivity contribution in [3.05, 3.63) is 0 Å². The highest BCUT2D eigenvalue weighted by Crippen LogP contribution is 2.42. The molecule has 0 aromatic rings. The van der Waals surface area contributed by atoms with Crippen LogP contribution in [0.2, 0.25) is 0 Å². The highest BCUT2D eigenvalue weighted by atomic mass is 19.4. The molecule has 0 N–H and O–H groups in total. The normalized spacial score (nSPS) is 28.1. The molecule has 19 heavy (non-hydrogen) atoms. The predicted molar refractivity (Wildman–Crippen MR) is 66.4 cm³/mol. The van der Waals surface area contributed by atoms with Gasteiger partial charge >= 0.3 is 6.18 Å². The summed E-state index contributed by atoms with van der Waals surface area (Å²) in [5.74, 6) is 0.683. The Balaban J connectivity index is 2.32. The molecule has 1 aliphatic rings. The summed E-state index contributed by atoms with van der Waals surface area (Å²) in [5, 5.41) is 9.29. The molecule has 110 valence electrons. The second kappa shape index (κ2) is 7.14. The Morgan fingerprint density at radius 1 is 1.32 bits per heavy atom. The lowest BCUT2D eigenvalue weighted by Crippen LogP contribution is -2.28. The molecule has 0 heterocycles. The zero-order chi connectivity index (χ0) is 14.4. The fourth-order valence-electron chi connectivity index (χ4n) is 2.80. The minimum Gasteiger partial charge on any atom is -0.372 e. The zero-order valence-electron chi connectivity index (χ0n) is 11.4. The third kappa shape index (κ3) is 5.82. The maximum absolute atomic E-state index is 11.9. The SMILES string of the molecule is CCCC1CCC(C#N)(CCOCC(F)(F)F)CC1. The first-order chi connectivity index (χ1) is 8.91. The quantitative estimate of drug-likeness (QED) is 0.672. The van der Waals surface area contributed by atoms with Crippen molar-refractivity contribution in [1.29, 1.82) is 5.26 Å². The van der Waals surface area contributed by atoms with Crippen molar-refractivity contribution in [2.75, 3.05) is 13.2 Å². The van der Waals surface area contributed by atoms with E-state index in [0.29, 0.717) is 12.3 Å². The van der Waals surface area contributed by atoms with Crippen LogP contribution < -0.4 is 0 Å². The van der Waals surface area contributed by atoms with Gasteiger partial charge in [0.1, 0.15) is 6.61 Å². The average Bonchev–Trinajstić information content (AvgIpc) is 2.36. The van der Waals surface area contributed by atoms with E-state index in [-0.39, 0.29) is 6.61 Å². The minimum absolute atomic E-state index is 0.0194. The molecule has 0 unspecified atom stereocenters. The Morgan fingerprint density at radius 2 is 1.95 bits per heavy atom. The van der Waals surface area contributed by atoms with E-state index in [4.69, 9.17) is 0 Å². The lowest BCUT2D eigenvalue weighted by Gasteiger charge is -2.35. The van der Waals surface area contributed by atoms with Gasteiger partial charge in [0.25, 0.3) is 0 Å². The predicted octanol–water partition coefficient (Wildman–Crippen LogP) is 4.46. The highest BCUT2D eigenvalue weighted by molar-refractivity contribution is 5.01. The number of alkyl halides is 3. The number of nitrogens with zero attached hydrogens (tertiary/aromatic N) is 1. The first-order valence-electron chi connectivity index (χ1n) is 6.96. The standard InChI is InChI=1S/C14H22F3NO/c1-2-3-12-4-6-13(10-18,7-5-12)8-9-19-11-14(15,16)17/h12H,2-9,11H2,1H3. The zero-order valence-corrected chi connectivity index (χ0v) is 11.4. The molecule has 0 bridgehead atoms. The second-order valence-corrected chi connectivity index (χ2v) is 5.54. The smallest absolute Gasteiger partial charge is 0.372 e. The van der Waals surface area contributed by atoms with Crippen LogP contribution in [0.3, 0.4) is 0 Å². The van der Waals surface area contributed by atoms with Crippen molar-refractivity contribution in [3.63, 3.8) is 0 Å². The molecule has 2 nitrogen and oxygen atoms in total. The molecule has 0 radical (unpaired) electrons. The van der Waals surface area contributed by atoms with E-state index in [2.05, 4.69) is 17.7 Å². The second-order valence-electron chi connectivity index (χ2n) is 5.54. The summed E-state index contributed by atoms with van der Waals surface area (Å²) in [6, 6.07) is 2.32. The van der Waals surface area contributed by atoms with Crippen molar-refractivity contribution in [2.24, 2.45) is 11.3 Å². The third-order valence-electron chi connectivity index (χ3n) is 3.99. The molecule has 1 aliphatic carbocycles. The molecular weight excluding hydrogens is 255 g/mol. The largest absolute Gasteiger partial charge is 0.411 e. The van der Waals surface area contributed by atoms with E-state index in [1.807, 2.05) is 0 Å². The highest BCUT2D eigenvalue weighted by Gasteiger charge is 2.35. The van der Waals surface area contributed by atoms with E-state index in [1.165, 1.54) is 6.42 Å². The molecule has 0 amide bonds. The Labute approximate surface area is 112 Å². The number of hydrogen-bond donors (Lipinski definition) is 0. The van der Waals surface area contributed by atoms with Gasteiger partial charge < -0.3 is 4.74 Å². The molecule has 5 heteroatoms. The van der Waals surface area contributed by atoms with Gasteiger partial charge in [-0.3, -0.25) is 0 Å². The summed E-state index contributed by atoms with van der Waals surface area (Å²) in [6.07, 6.45) is 2.09. The van der Waals surface area contributed by atoms with Crippen molar-refractivity contribution < 1.29 is 17.9 Å². The van der Waals surface area contributed by atoms with Gasteiger partial charge in [-0.05, 0) is 38.0 Å². The lowest BCUT2D eigenvalue weighted by atomic mass is 9.69. The lowest BCUT2D eigenvalue weighted by molar-refractivity contribution is -0.175. The van der Waals surface area contributed by atoms with Crippen molar-refractivity contribution >= 4 is 0 Å². The van der Waals surface area contributed by atoms with Crippen LogP contribution >= 0.6 is 0 Å². The maximum atomic E-state index is 11.9. The number of halogens is 3. The molecule has 1 saturated carbocycles. The maximum Gasteiger partial charge on any atom is 0.411 e. The van der Waals surface area contributed by atoms with Crippen LogP contribution in [-0.2, 0) is 4.74 Å². The van der Waals surface area contributed by atoms with Crippen LogP contribution in [0.1, 0.15) is 51.9 Å². The number of hydrogen-bond acceptors (Lipinski definition) is 2. The van der Waals surface area contributed by atoms with Gasteiger partial charge in [-0.2, -0.15) is 18.4 Å². The third-order valence-corrected chi connectivity index (χ3v) is 3.99. The van der Waals surface area contributed by atoms with Gasteiger partial charge in [0, 0.05) is 6.61 Å². The monoisotopic (exact) mass is 277 g/mol. The number of ether oxygens (including phenoxy) is 1. The molecule has 1 rings (SSSR count). The van der Waals surface area contributed by atoms with Gasteiger partial charge in [0.2, 0.25) is 0 Å². The van der Waals surface area contributed by atoms with Crippen LogP contribution in [-0.4, -0.2) is 19.4 Å². The summed E-state index contributed by atoms with van der Waals surface area (Å²) in [6.45, 7) is 0.954. The van der Waals surface area contributed by atoms with Gasteiger partial charge in [-0.25, -0.2) is 0 Å². The van der Waals surface area contributed by atoms with Crippen molar-refractivity contribution in [1.82, 2.24) is 0 Å².